The molecule has 0 bridgehead atoms. The maximum absolute atomic E-state index is 6.25. The van der Waals surface area contributed by atoms with E-state index in [1.165, 1.54) is 5.56 Å². The van der Waals surface area contributed by atoms with Crippen molar-refractivity contribution in [2.75, 3.05) is 19.0 Å². The zero-order valence-corrected chi connectivity index (χ0v) is 11.9. The first-order valence-corrected chi connectivity index (χ1v) is 6.75. The number of nitrogens with one attached hydrogen (secondary N) is 1. The van der Waals surface area contributed by atoms with Gasteiger partial charge in [0.05, 0.1) is 23.0 Å². The molecule has 0 saturated carbocycles. The highest BCUT2D eigenvalue weighted by atomic mass is 35.5. The third kappa shape index (κ3) is 2.20. The normalized spacial score (nSPS) is 13.4. The molecule has 1 aliphatic heterocycles. The Balaban J connectivity index is 2.12. The molecular formula is C13H13Cl2N3O. The molecule has 0 amide bonds. The van der Waals surface area contributed by atoms with Crippen LogP contribution >= 0.6 is 23.2 Å². The smallest absolute Gasteiger partial charge is 0.133 e. The van der Waals surface area contributed by atoms with Crippen LogP contribution in [-0.4, -0.2) is 23.4 Å². The number of methoxy groups -OCH3 is 1. The minimum absolute atomic E-state index is 0.502. The number of ether oxygens (including phenoxy) is 1. The number of hydrogen-bond acceptors (Lipinski definition) is 3. The van der Waals surface area contributed by atoms with E-state index < -0.39 is 0 Å². The molecule has 0 unspecified atom stereocenters. The molecule has 2 heterocycles. The monoisotopic (exact) mass is 297 g/mol. The lowest BCUT2D eigenvalue weighted by atomic mass is 10.2. The molecule has 1 aromatic heterocycles. The third-order valence-electron chi connectivity index (χ3n) is 3.15. The fourth-order valence-corrected chi connectivity index (χ4v) is 2.81. The van der Waals surface area contributed by atoms with Gasteiger partial charge in [0.1, 0.15) is 5.82 Å². The fraction of sp³-hybridized carbons (Fsp3) is 0.308. The molecule has 1 aliphatic rings. The largest absolute Gasteiger partial charge is 0.378 e. The summed E-state index contributed by atoms with van der Waals surface area (Å²) in [5.74, 6) is 0.997. The average Bonchev–Trinajstić information content (AvgIpc) is 2.94. The van der Waals surface area contributed by atoms with Gasteiger partial charge in [-0.15, -0.1) is 0 Å². The van der Waals surface area contributed by atoms with E-state index in [0.29, 0.717) is 16.7 Å². The maximum Gasteiger partial charge on any atom is 0.133 e. The molecule has 2 aromatic rings. The molecule has 4 nitrogen and oxygen atoms in total. The molecule has 0 atom stereocenters. The number of rotatable bonds is 3. The van der Waals surface area contributed by atoms with Crippen molar-refractivity contribution in [3.63, 3.8) is 0 Å². The second kappa shape index (κ2) is 5.04. The summed E-state index contributed by atoms with van der Waals surface area (Å²) in [7, 11) is 1.67. The van der Waals surface area contributed by atoms with Gasteiger partial charge in [0.25, 0.3) is 0 Å². The van der Waals surface area contributed by atoms with Gasteiger partial charge >= 0.3 is 0 Å². The first kappa shape index (κ1) is 12.8. The molecule has 1 aromatic carbocycles. The van der Waals surface area contributed by atoms with E-state index in [2.05, 4.69) is 10.4 Å². The van der Waals surface area contributed by atoms with Crippen LogP contribution in [0.25, 0.3) is 5.69 Å². The Morgan fingerprint density at radius 1 is 1.42 bits per heavy atom. The minimum Gasteiger partial charge on any atom is -0.378 e. The lowest BCUT2D eigenvalue weighted by Crippen LogP contribution is -2.05. The second-order valence-corrected chi connectivity index (χ2v) is 5.23. The summed E-state index contributed by atoms with van der Waals surface area (Å²) in [4.78, 5) is 0. The van der Waals surface area contributed by atoms with Crippen molar-refractivity contribution in [3.8, 4) is 5.69 Å². The van der Waals surface area contributed by atoms with E-state index in [1.807, 2.05) is 16.8 Å². The number of hydrogen-bond donors (Lipinski definition) is 1. The fourth-order valence-electron chi connectivity index (χ4n) is 2.33. The summed E-state index contributed by atoms with van der Waals surface area (Å²) in [5, 5.41) is 9.12. The number of benzene rings is 1. The van der Waals surface area contributed by atoms with E-state index in [0.717, 1.165) is 30.2 Å². The second-order valence-electron chi connectivity index (χ2n) is 4.39. The molecule has 0 aliphatic carbocycles. The lowest BCUT2D eigenvalue weighted by Gasteiger charge is -2.08. The summed E-state index contributed by atoms with van der Waals surface area (Å²) in [6, 6.07) is 5.40. The SMILES string of the molecule is COCc1nn(-c2ccc(Cl)cc2Cl)c2c1CCN2. The van der Waals surface area contributed by atoms with E-state index in [4.69, 9.17) is 27.9 Å². The van der Waals surface area contributed by atoms with E-state index in [1.54, 1.807) is 13.2 Å². The highest BCUT2D eigenvalue weighted by Crippen LogP contribution is 2.32. The predicted octanol–water partition coefficient (Wildman–Crippen LogP) is 3.29. The minimum atomic E-state index is 0.502. The molecule has 0 spiro atoms. The predicted molar refractivity (Wildman–Crippen MR) is 76.5 cm³/mol. The van der Waals surface area contributed by atoms with Crippen molar-refractivity contribution in [1.82, 2.24) is 9.78 Å². The van der Waals surface area contributed by atoms with Gasteiger partial charge in [-0.05, 0) is 24.6 Å². The molecule has 0 saturated heterocycles. The zero-order chi connectivity index (χ0) is 13.4. The van der Waals surface area contributed by atoms with Gasteiger partial charge in [-0.25, -0.2) is 4.68 Å². The summed E-state index contributed by atoms with van der Waals surface area (Å²) in [5.41, 5.74) is 2.97. The Morgan fingerprint density at radius 3 is 3.00 bits per heavy atom. The van der Waals surface area contributed by atoms with Crippen molar-refractivity contribution in [3.05, 3.63) is 39.5 Å². The van der Waals surface area contributed by atoms with Gasteiger partial charge < -0.3 is 10.1 Å². The highest BCUT2D eigenvalue weighted by Gasteiger charge is 2.23. The first-order chi connectivity index (χ1) is 9.20. The topological polar surface area (TPSA) is 39.1 Å². The van der Waals surface area contributed by atoms with Crippen LogP contribution in [0.3, 0.4) is 0 Å². The molecule has 1 N–H and O–H groups in total. The highest BCUT2D eigenvalue weighted by molar-refractivity contribution is 6.35. The number of aromatic nitrogens is 2. The summed E-state index contributed by atoms with van der Waals surface area (Å²) >= 11 is 12.2. The van der Waals surface area contributed by atoms with Gasteiger partial charge in [-0.2, -0.15) is 5.10 Å². The molecule has 6 heteroatoms. The third-order valence-corrected chi connectivity index (χ3v) is 3.69. The Bertz CT molecular complexity index is 625. The molecule has 100 valence electrons. The summed E-state index contributed by atoms with van der Waals surface area (Å²) in [6.07, 6.45) is 0.958. The Labute approximate surface area is 121 Å². The Morgan fingerprint density at radius 2 is 2.26 bits per heavy atom. The van der Waals surface area contributed by atoms with Crippen molar-refractivity contribution in [1.29, 1.82) is 0 Å². The van der Waals surface area contributed by atoms with Crippen LogP contribution in [0.4, 0.5) is 5.82 Å². The van der Waals surface area contributed by atoms with Crippen LogP contribution in [0, 0.1) is 0 Å². The van der Waals surface area contributed by atoms with Crippen molar-refractivity contribution < 1.29 is 4.74 Å². The van der Waals surface area contributed by atoms with Crippen molar-refractivity contribution >= 4 is 29.0 Å². The zero-order valence-electron chi connectivity index (χ0n) is 10.4. The van der Waals surface area contributed by atoms with Crippen LogP contribution in [0.1, 0.15) is 11.3 Å². The van der Waals surface area contributed by atoms with Crippen LogP contribution in [0.15, 0.2) is 18.2 Å². The van der Waals surface area contributed by atoms with Gasteiger partial charge in [0.2, 0.25) is 0 Å². The van der Waals surface area contributed by atoms with Crippen LogP contribution in [0.5, 0.6) is 0 Å². The van der Waals surface area contributed by atoms with E-state index in [9.17, 15) is 0 Å². The van der Waals surface area contributed by atoms with E-state index >= 15 is 0 Å². The number of halogens is 2. The van der Waals surface area contributed by atoms with Crippen LogP contribution in [-0.2, 0) is 17.8 Å². The maximum atomic E-state index is 6.25. The van der Waals surface area contributed by atoms with Gasteiger partial charge in [0, 0.05) is 24.2 Å². The van der Waals surface area contributed by atoms with Crippen molar-refractivity contribution in [2.24, 2.45) is 0 Å². The molecule has 0 fully saturated rings. The lowest BCUT2D eigenvalue weighted by molar-refractivity contribution is 0.180. The standard InChI is InChI=1S/C13H13Cl2N3O/c1-19-7-11-9-4-5-16-13(9)18(17-11)12-3-2-8(14)6-10(12)15/h2-3,6,16H,4-5,7H2,1H3. The number of fused-ring (bicyclic) bond motifs is 1. The average molecular weight is 298 g/mol. The number of anilines is 1. The van der Waals surface area contributed by atoms with Crippen molar-refractivity contribution in [2.45, 2.75) is 13.0 Å². The molecule has 19 heavy (non-hydrogen) atoms. The summed E-state index contributed by atoms with van der Waals surface area (Å²) < 4.78 is 7.02. The molecule has 0 radical (unpaired) electrons. The Hall–Kier alpha value is -1.23. The van der Waals surface area contributed by atoms with Gasteiger partial charge in [-0.3, -0.25) is 0 Å². The van der Waals surface area contributed by atoms with Gasteiger partial charge in [-0.1, -0.05) is 23.2 Å². The van der Waals surface area contributed by atoms with Crippen LogP contribution in [0.2, 0.25) is 10.0 Å². The Kier molecular flexibility index (Phi) is 3.39. The van der Waals surface area contributed by atoms with Gasteiger partial charge in [0.15, 0.2) is 0 Å². The summed E-state index contributed by atoms with van der Waals surface area (Å²) in [6.45, 7) is 1.41. The van der Waals surface area contributed by atoms with Crippen LogP contribution < -0.4 is 5.32 Å². The number of nitrogens with zero attached hydrogens (tertiary/aromatic N) is 2. The molecular weight excluding hydrogens is 285 g/mol. The quantitative estimate of drug-likeness (QED) is 0.945. The molecule has 3 rings (SSSR count). The first-order valence-electron chi connectivity index (χ1n) is 5.99. The van der Waals surface area contributed by atoms with E-state index in [-0.39, 0.29) is 0 Å².